The fourth-order valence-corrected chi connectivity index (χ4v) is 14.9. The number of thiol groups is 1. The van der Waals surface area contributed by atoms with Gasteiger partial charge in [-0.05, 0) is 151 Å². The number of primary amides is 1. The van der Waals surface area contributed by atoms with Gasteiger partial charge in [-0.25, -0.2) is 4.79 Å². The van der Waals surface area contributed by atoms with Gasteiger partial charge in [-0.3, -0.25) is 111 Å². The lowest BCUT2D eigenvalue weighted by Crippen LogP contribution is -2.62. The quantitative estimate of drug-likeness (QED) is 0.0125. The molecule has 808 valence electrons. The molecule has 0 aliphatic carbocycles. The third-order valence-corrected chi connectivity index (χ3v) is 23.9. The average molecular weight is 2080 g/mol. The molecule has 0 saturated carbocycles. The van der Waals surface area contributed by atoms with Crippen molar-refractivity contribution in [2.45, 2.75) is 288 Å². The van der Waals surface area contributed by atoms with Gasteiger partial charge in [0.25, 0.3) is 0 Å². The number of nitrogens with zero attached hydrogens (tertiary/aromatic N) is 1. The molecule has 0 aromatic heterocycles. The number of aliphatic hydroxyl groups excluding tert-OH is 1. The number of rotatable bonds is 68. The van der Waals surface area contributed by atoms with E-state index in [-0.39, 0.29) is 95.5 Å². The number of phenolic OH excluding ortho intramolecular Hbond substituents is 1. The van der Waals surface area contributed by atoms with Gasteiger partial charge in [-0.15, -0.1) is 0 Å². The number of unbranched alkanes of at least 4 members (excludes halogenated alkanes) is 1. The summed E-state index contributed by atoms with van der Waals surface area (Å²) in [6.07, 6.45) is -2.54. The van der Waals surface area contributed by atoms with Gasteiger partial charge in [0, 0.05) is 38.1 Å². The van der Waals surface area contributed by atoms with E-state index in [9.17, 15) is 136 Å². The highest BCUT2D eigenvalue weighted by molar-refractivity contribution is 7.98. The first-order valence-corrected chi connectivity index (χ1v) is 49.3. The third kappa shape index (κ3) is 47.3. The number of amides is 20. The first kappa shape index (κ1) is 127. The Morgan fingerprint density at radius 3 is 1.42 bits per heavy atom. The number of carboxylic acids is 3. The lowest BCUT2D eigenvalue weighted by Gasteiger charge is -2.32. The summed E-state index contributed by atoms with van der Waals surface area (Å²) in [5, 5.41) is 103. The number of likely N-dealkylation sites (tertiary alicyclic amines) is 1. The Morgan fingerprint density at radius 1 is 0.465 bits per heavy atom. The molecule has 1 heterocycles. The number of guanidine groups is 1. The van der Waals surface area contributed by atoms with Gasteiger partial charge < -0.3 is 154 Å². The number of aliphatic hydroxyl groups is 1. The van der Waals surface area contributed by atoms with E-state index in [0.29, 0.717) is 24.2 Å². The van der Waals surface area contributed by atoms with Crippen LogP contribution in [0.2, 0.25) is 0 Å². The van der Waals surface area contributed by atoms with Gasteiger partial charge in [0.1, 0.15) is 96.4 Å². The summed E-state index contributed by atoms with van der Waals surface area (Å²) in [6.45, 7) is 13.4. The van der Waals surface area contributed by atoms with E-state index in [4.69, 9.17) is 28.3 Å². The van der Waals surface area contributed by atoms with Gasteiger partial charge >= 0.3 is 17.9 Å². The first-order valence-electron chi connectivity index (χ1n) is 47.3. The number of hydrogen-bond acceptors (Lipinski definition) is 30. The zero-order chi connectivity index (χ0) is 109. The number of carbonyl (C=O) groups excluding carboxylic acids is 20. The van der Waals surface area contributed by atoms with Gasteiger partial charge in [0.2, 0.25) is 118 Å². The molecule has 33 N–H and O–H groups in total. The van der Waals surface area contributed by atoms with Crippen molar-refractivity contribution in [3.8, 4) is 5.75 Å². The lowest BCUT2D eigenvalue weighted by atomic mass is 9.97. The van der Waals surface area contributed by atoms with E-state index in [0.717, 1.165) is 4.90 Å². The van der Waals surface area contributed by atoms with Crippen molar-refractivity contribution in [2.75, 3.05) is 63.6 Å². The fourth-order valence-electron chi connectivity index (χ4n) is 14.2. The summed E-state index contributed by atoms with van der Waals surface area (Å²) in [5.41, 5.74) is 22.7. The van der Waals surface area contributed by atoms with Crippen LogP contribution < -0.4 is 124 Å². The van der Waals surface area contributed by atoms with E-state index in [1.807, 2.05) is 0 Å². The maximum atomic E-state index is 14.8. The van der Waals surface area contributed by atoms with Crippen molar-refractivity contribution in [1.29, 1.82) is 5.41 Å². The number of hydrogen-bond donors (Lipinski definition) is 30. The van der Waals surface area contributed by atoms with Crippen LogP contribution in [0.15, 0.2) is 24.3 Å². The molecule has 20 amide bonds. The van der Waals surface area contributed by atoms with Crippen LogP contribution in [0.4, 0.5) is 0 Å². The number of benzene rings is 1. The number of nitrogens with two attached hydrogens (primary N) is 4. The van der Waals surface area contributed by atoms with E-state index < -0.39 is 327 Å². The topological polar surface area (TPSA) is 854 Å². The normalized spacial score (nSPS) is 15.9. The minimum absolute atomic E-state index is 0.000178. The van der Waals surface area contributed by atoms with Gasteiger partial charge in [0.05, 0.1) is 44.7 Å². The Labute approximate surface area is 843 Å². The van der Waals surface area contributed by atoms with E-state index in [1.165, 1.54) is 63.7 Å². The lowest BCUT2D eigenvalue weighted by molar-refractivity contribution is -0.144. The summed E-state index contributed by atoms with van der Waals surface area (Å²) in [4.78, 5) is 311. The van der Waals surface area contributed by atoms with Crippen molar-refractivity contribution in [3.05, 3.63) is 29.8 Å². The van der Waals surface area contributed by atoms with E-state index in [2.05, 4.69) is 114 Å². The zero-order valence-electron chi connectivity index (χ0n) is 83.1. The first-order chi connectivity index (χ1) is 67.6. The predicted molar refractivity (Wildman–Crippen MR) is 524 cm³/mol. The van der Waals surface area contributed by atoms with Crippen LogP contribution in [-0.4, -0.2) is 339 Å². The molecule has 55 heteroatoms. The highest BCUT2D eigenvalue weighted by atomic mass is 32.2. The summed E-state index contributed by atoms with van der Waals surface area (Å²) in [5.74, 6) is -26.9. The second kappa shape index (κ2) is 65.8. The molecule has 2 rings (SSSR count). The molecule has 1 aromatic carbocycles. The molecular formula is C89H147N25O28S2. The van der Waals surface area contributed by atoms with Crippen LogP contribution >= 0.6 is 24.4 Å². The highest BCUT2D eigenvalue weighted by Crippen LogP contribution is 2.24. The molecule has 1 saturated heterocycles. The van der Waals surface area contributed by atoms with Crippen LogP contribution in [0.5, 0.6) is 5.75 Å². The zero-order valence-corrected chi connectivity index (χ0v) is 84.8. The Balaban J connectivity index is 2.25. The standard InChI is InChI=1S/C89H147N25O28S2/c1-13-45(7)70(111-83(136)61-21-18-33-114(61)87(140)59(35-43(3)4)108-78(131)55(26-28-62(92)117)105-82(135)60(42-143)109-86(139)72(49(11)115)113-84(137)69(44(5)6)110-73(126)47(9)91)85(138)107-58(37-68(124)125)80(133)104-52(20-17-32-95-89(93)94)75(128)98-39-64(119)96-38-63(118)97-40-65(120)102-54(27-29-67(122)123)76(129)99-41-66(121)101-53(19-15-16-31-90)77(130)100-48(10)74(127)103-56(30-34-144-12)79(132)106-57(36-50-22-24-51(116)25-23-50)81(134)112-71(88(141)142)46(8)14-2/h22-25,43-49,52-61,69-72,115-116,143H,13-21,26-42,90-91H2,1-12H3,(H2,92,117)(H,96,119)(H,97,118)(H,98,128)(H,99,129)(H,100,130)(H,101,121)(H,102,120)(H,103,127)(H,104,133)(H,105,135)(H,106,132)(H,107,138)(H,108,131)(H,109,139)(H,110,126)(H,111,136)(H,112,134)(H,113,137)(H,122,123)(H,124,125)(H,141,142)(H4,93,94,95)/t45-,46-,47-,48-,49+,52-,53-,54-,55-,56-,57-,58-,59-,60-,61-,69-,70-,71-,72-/m0/s1. The molecule has 19 atom stereocenters. The second-order valence-corrected chi connectivity index (χ2v) is 37.0. The second-order valence-electron chi connectivity index (χ2n) is 35.7. The van der Waals surface area contributed by atoms with E-state index in [1.54, 1.807) is 54.7 Å². The van der Waals surface area contributed by atoms with E-state index >= 15 is 0 Å². The minimum Gasteiger partial charge on any atom is -0.508 e. The fraction of sp³-hybridized carbons (Fsp3) is 0.663. The largest absolute Gasteiger partial charge is 0.508 e. The van der Waals surface area contributed by atoms with Gasteiger partial charge in [-0.1, -0.05) is 80.4 Å². The molecular weight excluding hydrogens is 1930 g/mol. The minimum atomic E-state index is -2.00. The number of carbonyl (C=O) groups is 23. The molecule has 1 aliphatic rings. The van der Waals surface area contributed by atoms with Crippen molar-refractivity contribution in [1.82, 2.24) is 106 Å². The monoisotopic (exact) mass is 2080 g/mol. The van der Waals surface area contributed by atoms with Crippen molar-refractivity contribution in [3.63, 3.8) is 0 Å². The van der Waals surface area contributed by atoms with Gasteiger partial charge in [0.15, 0.2) is 5.96 Å². The maximum Gasteiger partial charge on any atom is 0.326 e. The number of aliphatic carboxylic acids is 3. The SMILES string of the molecule is CC[C@H](C)[C@H](NC(=O)[C@H](Cc1ccc(O)cc1)NC(=O)[C@H](CCSC)NC(=O)[C@H](C)NC(=O)[C@H](CCCCN)NC(=O)CNC(=O)[C@H](CCC(=O)O)NC(=O)CNC(=O)CNC(=O)CNC(=O)[C@H](CCCNC(=N)N)NC(=O)[C@H](CC(=O)O)NC(=O)[C@@H](NC(=O)[C@@H]1CCCN1C(=O)[C@H](CC(C)C)NC(=O)[C@H](CCC(N)=O)NC(=O)[C@H](CS)NC(=O)[C@@H](NC(=O)[C@@H](NC(=O)[C@H](C)N)C(C)C)[C@@H](C)O)[C@@H](C)CC)C(=O)O. The van der Waals surface area contributed by atoms with Crippen LogP contribution in [-0.2, 0) is 117 Å². The Kier molecular flexibility index (Phi) is 57.9. The smallest absolute Gasteiger partial charge is 0.326 e. The van der Waals surface area contributed by atoms with Crippen LogP contribution in [0, 0.1) is 29.1 Å². The summed E-state index contributed by atoms with van der Waals surface area (Å²) in [6, 6.07) is -18.0. The molecule has 1 aliphatic heterocycles. The van der Waals surface area contributed by atoms with Gasteiger partial charge in [-0.2, -0.15) is 24.4 Å². The average Bonchev–Trinajstić information content (AvgIpc) is 1.65. The molecule has 1 aromatic rings. The molecule has 0 radical (unpaired) electrons. The molecule has 0 bridgehead atoms. The summed E-state index contributed by atoms with van der Waals surface area (Å²) >= 11 is 5.51. The van der Waals surface area contributed by atoms with Crippen LogP contribution in [0.1, 0.15) is 184 Å². The number of carboxylic acid groups (broad SMARTS) is 3. The van der Waals surface area contributed by atoms with Crippen molar-refractivity contribution < 1.29 is 136 Å². The predicted octanol–water partition coefficient (Wildman–Crippen LogP) is -8.52. The summed E-state index contributed by atoms with van der Waals surface area (Å²) in [7, 11) is 0. The maximum absolute atomic E-state index is 14.8. The Hall–Kier alpha value is -13.3. The van der Waals surface area contributed by atoms with Crippen LogP contribution in [0.25, 0.3) is 0 Å². The molecule has 144 heavy (non-hydrogen) atoms. The number of nitrogens with one attached hydrogen (secondary N) is 20. The van der Waals surface area contributed by atoms with Crippen LogP contribution in [0.3, 0.4) is 0 Å². The Morgan fingerprint density at radius 2 is 0.910 bits per heavy atom. The molecule has 0 spiro atoms. The molecule has 53 nitrogen and oxygen atoms in total. The Bertz CT molecular complexity index is 4580. The third-order valence-electron chi connectivity index (χ3n) is 22.9. The highest BCUT2D eigenvalue weighted by Gasteiger charge is 2.44. The number of aromatic hydroxyl groups is 1. The van der Waals surface area contributed by atoms with Crippen molar-refractivity contribution in [2.24, 2.45) is 46.6 Å². The number of thioether (sulfide) groups is 1. The summed E-state index contributed by atoms with van der Waals surface area (Å²) < 4.78 is 0. The molecule has 0 unspecified atom stereocenters. The number of phenols is 1. The van der Waals surface area contributed by atoms with Crippen molar-refractivity contribution >= 4 is 166 Å². The molecule has 1 fully saturated rings.